The Morgan fingerprint density at radius 3 is 2.89 bits per heavy atom. The molecule has 18 heavy (non-hydrogen) atoms. The van der Waals surface area contributed by atoms with E-state index in [9.17, 15) is 9.59 Å². The fraction of sp³-hybridized carbons (Fsp3) is 0.583. The molecular weight excluding hydrogens is 234 g/mol. The fourth-order valence-electron chi connectivity index (χ4n) is 2.24. The number of hydrogen-bond donors (Lipinski definition) is 1. The lowest BCUT2D eigenvalue weighted by atomic mass is 10.0. The summed E-state index contributed by atoms with van der Waals surface area (Å²) >= 11 is 0. The molecule has 1 aliphatic heterocycles. The van der Waals surface area contributed by atoms with Crippen molar-refractivity contribution in [1.82, 2.24) is 14.7 Å². The highest BCUT2D eigenvalue weighted by Crippen LogP contribution is 2.19. The molecule has 0 bridgehead atoms. The van der Waals surface area contributed by atoms with Crippen molar-refractivity contribution in [1.29, 1.82) is 0 Å². The second-order valence-electron chi connectivity index (χ2n) is 4.43. The van der Waals surface area contributed by atoms with Crippen LogP contribution in [0.4, 0.5) is 0 Å². The zero-order valence-electron chi connectivity index (χ0n) is 10.4. The summed E-state index contributed by atoms with van der Waals surface area (Å²) in [5, 5.41) is 13.2. The van der Waals surface area contributed by atoms with Gasteiger partial charge in [0.25, 0.3) is 5.91 Å². The third-order valence-electron chi connectivity index (χ3n) is 3.25. The topological polar surface area (TPSA) is 75.4 Å². The third-order valence-corrected chi connectivity index (χ3v) is 3.25. The molecule has 1 aromatic rings. The summed E-state index contributed by atoms with van der Waals surface area (Å²) in [4.78, 5) is 24.8. The van der Waals surface area contributed by atoms with Gasteiger partial charge in [0.1, 0.15) is 6.04 Å². The predicted molar refractivity (Wildman–Crippen MR) is 64.2 cm³/mol. The number of rotatable bonds is 3. The lowest BCUT2D eigenvalue weighted by Gasteiger charge is -2.32. The van der Waals surface area contributed by atoms with Gasteiger partial charge in [-0.3, -0.25) is 9.48 Å². The minimum absolute atomic E-state index is 0.234. The van der Waals surface area contributed by atoms with Crippen LogP contribution in [0.2, 0.25) is 0 Å². The van der Waals surface area contributed by atoms with Crippen molar-refractivity contribution in [2.45, 2.75) is 38.8 Å². The SMILES string of the molecule is CCn1cc(C(=O)N2CCCC[C@@H]2C(=O)O)cn1. The molecule has 0 aliphatic carbocycles. The lowest BCUT2D eigenvalue weighted by Crippen LogP contribution is -2.47. The van der Waals surface area contributed by atoms with Crippen LogP contribution in [0.1, 0.15) is 36.5 Å². The quantitative estimate of drug-likeness (QED) is 0.869. The van der Waals surface area contributed by atoms with Crippen LogP contribution in [-0.2, 0) is 11.3 Å². The van der Waals surface area contributed by atoms with E-state index in [0.717, 1.165) is 12.8 Å². The molecule has 0 aromatic carbocycles. The molecule has 0 saturated carbocycles. The third kappa shape index (κ3) is 2.37. The van der Waals surface area contributed by atoms with Gasteiger partial charge in [0.2, 0.25) is 0 Å². The van der Waals surface area contributed by atoms with Crippen molar-refractivity contribution < 1.29 is 14.7 Å². The van der Waals surface area contributed by atoms with Crippen LogP contribution in [-0.4, -0.2) is 44.3 Å². The number of aromatic nitrogens is 2. The molecule has 0 spiro atoms. The Bertz CT molecular complexity index is 455. The Balaban J connectivity index is 2.17. The summed E-state index contributed by atoms with van der Waals surface area (Å²) < 4.78 is 1.66. The summed E-state index contributed by atoms with van der Waals surface area (Å²) in [6, 6.07) is -0.698. The smallest absolute Gasteiger partial charge is 0.326 e. The first-order valence-corrected chi connectivity index (χ1v) is 6.19. The van der Waals surface area contributed by atoms with Crippen molar-refractivity contribution in [2.75, 3.05) is 6.54 Å². The van der Waals surface area contributed by atoms with E-state index in [4.69, 9.17) is 5.11 Å². The zero-order valence-corrected chi connectivity index (χ0v) is 10.4. The Labute approximate surface area is 105 Å². The average molecular weight is 251 g/mol. The Morgan fingerprint density at radius 1 is 1.50 bits per heavy atom. The molecule has 1 amide bonds. The van der Waals surface area contributed by atoms with Crippen LogP contribution < -0.4 is 0 Å². The van der Waals surface area contributed by atoms with Crippen LogP contribution in [0.25, 0.3) is 0 Å². The van der Waals surface area contributed by atoms with E-state index in [0.29, 0.717) is 25.1 Å². The number of carbonyl (C=O) groups excluding carboxylic acids is 1. The van der Waals surface area contributed by atoms with Crippen molar-refractivity contribution in [3.8, 4) is 0 Å². The fourth-order valence-corrected chi connectivity index (χ4v) is 2.24. The molecule has 2 rings (SSSR count). The molecule has 0 radical (unpaired) electrons. The Kier molecular flexibility index (Phi) is 3.64. The lowest BCUT2D eigenvalue weighted by molar-refractivity contribution is -0.143. The van der Waals surface area contributed by atoms with E-state index in [1.807, 2.05) is 6.92 Å². The second kappa shape index (κ2) is 5.20. The molecule has 1 saturated heterocycles. The molecule has 1 aliphatic rings. The van der Waals surface area contributed by atoms with E-state index in [1.54, 1.807) is 10.9 Å². The number of amides is 1. The van der Waals surface area contributed by atoms with E-state index >= 15 is 0 Å². The van der Waals surface area contributed by atoms with Crippen LogP contribution in [0.3, 0.4) is 0 Å². The number of likely N-dealkylation sites (tertiary alicyclic amines) is 1. The van der Waals surface area contributed by atoms with Gasteiger partial charge in [0.15, 0.2) is 0 Å². The predicted octanol–water partition coefficient (Wildman–Crippen LogP) is 0.982. The summed E-state index contributed by atoms with van der Waals surface area (Å²) in [5.74, 6) is -1.16. The first-order valence-electron chi connectivity index (χ1n) is 6.19. The monoisotopic (exact) mass is 251 g/mol. The Morgan fingerprint density at radius 2 is 2.28 bits per heavy atom. The molecule has 2 heterocycles. The summed E-state index contributed by atoms with van der Waals surface area (Å²) in [5.41, 5.74) is 0.463. The van der Waals surface area contributed by atoms with Crippen molar-refractivity contribution in [3.63, 3.8) is 0 Å². The van der Waals surface area contributed by atoms with Crippen LogP contribution in [0.5, 0.6) is 0 Å². The van der Waals surface area contributed by atoms with Gasteiger partial charge in [0.05, 0.1) is 11.8 Å². The van der Waals surface area contributed by atoms with Crippen molar-refractivity contribution in [2.24, 2.45) is 0 Å². The highest BCUT2D eigenvalue weighted by atomic mass is 16.4. The summed E-state index contributed by atoms with van der Waals surface area (Å²) in [6.07, 6.45) is 5.41. The van der Waals surface area contributed by atoms with Gasteiger partial charge in [0, 0.05) is 19.3 Å². The van der Waals surface area contributed by atoms with Gasteiger partial charge in [-0.2, -0.15) is 5.10 Å². The summed E-state index contributed by atoms with van der Waals surface area (Å²) in [7, 11) is 0. The molecule has 98 valence electrons. The number of nitrogens with zero attached hydrogens (tertiary/aromatic N) is 3. The first-order chi connectivity index (χ1) is 8.63. The van der Waals surface area contributed by atoms with Gasteiger partial charge >= 0.3 is 5.97 Å². The molecule has 0 unspecified atom stereocenters. The molecule has 1 atom stereocenters. The first kappa shape index (κ1) is 12.6. The van der Waals surface area contributed by atoms with E-state index in [-0.39, 0.29) is 5.91 Å². The minimum Gasteiger partial charge on any atom is -0.480 e. The van der Waals surface area contributed by atoms with E-state index < -0.39 is 12.0 Å². The number of aliphatic carboxylic acids is 1. The number of carboxylic acids is 1. The number of piperidine rings is 1. The molecule has 6 heteroatoms. The van der Waals surface area contributed by atoms with Crippen LogP contribution in [0, 0.1) is 0 Å². The van der Waals surface area contributed by atoms with Gasteiger partial charge in [-0.25, -0.2) is 4.79 Å². The average Bonchev–Trinajstić information content (AvgIpc) is 2.86. The van der Waals surface area contributed by atoms with Crippen LogP contribution in [0.15, 0.2) is 12.4 Å². The molecule has 6 nitrogen and oxygen atoms in total. The molecule has 1 fully saturated rings. The van der Waals surface area contributed by atoms with E-state index in [1.165, 1.54) is 11.1 Å². The van der Waals surface area contributed by atoms with Gasteiger partial charge < -0.3 is 10.0 Å². The number of aryl methyl sites for hydroxylation is 1. The normalized spacial score (nSPS) is 19.8. The molecule has 1 aromatic heterocycles. The summed E-state index contributed by atoms with van der Waals surface area (Å²) in [6.45, 7) is 3.13. The number of hydrogen-bond acceptors (Lipinski definition) is 3. The second-order valence-corrected chi connectivity index (χ2v) is 4.43. The van der Waals surface area contributed by atoms with Gasteiger partial charge in [-0.1, -0.05) is 0 Å². The number of carboxylic acid groups (broad SMARTS) is 1. The number of carbonyl (C=O) groups is 2. The maximum absolute atomic E-state index is 12.3. The highest BCUT2D eigenvalue weighted by molar-refractivity contribution is 5.96. The van der Waals surface area contributed by atoms with Crippen molar-refractivity contribution >= 4 is 11.9 Å². The van der Waals surface area contributed by atoms with E-state index in [2.05, 4.69) is 5.10 Å². The highest BCUT2D eigenvalue weighted by Gasteiger charge is 2.32. The minimum atomic E-state index is -0.925. The van der Waals surface area contributed by atoms with Gasteiger partial charge in [-0.05, 0) is 26.2 Å². The largest absolute Gasteiger partial charge is 0.480 e. The van der Waals surface area contributed by atoms with Crippen LogP contribution >= 0.6 is 0 Å². The molecular formula is C12H17N3O3. The maximum atomic E-state index is 12.3. The zero-order chi connectivity index (χ0) is 13.1. The maximum Gasteiger partial charge on any atom is 0.326 e. The Hall–Kier alpha value is -1.85. The van der Waals surface area contributed by atoms with Gasteiger partial charge in [-0.15, -0.1) is 0 Å². The molecule has 1 N–H and O–H groups in total. The van der Waals surface area contributed by atoms with Crippen molar-refractivity contribution in [3.05, 3.63) is 18.0 Å². The standard InChI is InChI=1S/C12H17N3O3/c1-2-14-8-9(7-13-14)11(16)15-6-4-3-5-10(15)12(17)18/h7-8,10H,2-6H2,1H3,(H,17,18)/t10-/m1/s1.